The molecule has 2 aromatic rings. The van der Waals surface area contributed by atoms with E-state index in [1.807, 2.05) is 0 Å². The number of primary amides is 1. The van der Waals surface area contributed by atoms with Gasteiger partial charge in [0.2, 0.25) is 5.91 Å². The highest BCUT2D eigenvalue weighted by Gasteiger charge is 2.30. The van der Waals surface area contributed by atoms with Crippen LogP contribution in [-0.4, -0.2) is 5.91 Å². The van der Waals surface area contributed by atoms with Crippen molar-refractivity contribution in [3.05, 3.63) is 59.7 Å². The summed E-state index contributed by atoms with van der Waals surface area (Å²) < 4.78 is 38.0. The van der Waals surface area contributed by atoms with Gasteiger partial charge in [0, 0.05) is 5.56 Å². The summed E-state index contributed by atoms with van der Waals surface area (Å²) in [5, 5.41) is 0. The molecule has 1 amide bonds. The second-order valence-corrected chi connectivity index (χ2v) is 3.99. The first-order chi connectivity index (χ1) is 8.89. The number of amides is 1. The Bertz CT molecular complexity index is 620. The third kappa shape index (κ3) is 2.76. The Morgan fingerprint density at radius 1 is 1.00 bits per heavy atom. The minimum absolute atomic E-state index is 0.196. The average Bonchev–Trinajstić information content (AvgIpc) is 2.38. The van der Waals surface area contributed by atoms with Crippen LogP contribution < -0.4 is 5.73 Å². The Hall–Kier alpha value is -2.30. The quantitative estimate of drug-likeness (QED) is 0.887. The van der Waals surface area contributed by atoms with Crippen LogP contribution in [-0.2, 0) is 6.18 Å². The van der Waals surface area contributed by atoms with Crippen molar-refractivity contribution in [2.45, 2.75) is 6.18 Å². The van der Waals surface area contributed by atoms with E-state index in [0.717, 1.165) is 12.1 Å². The molecule has 0 unspecified atom stereocenters. The lowest BCUT2D eigenvalue weighted by molar-refractivity contribution is -0.137. The van der Waals surface area contributed by atoms with Crippen LogP contribution in [0.3, 0.4) is 0 Å². The van der Waals surface area contributed by atoms with E-state index in [1.165, 1.54) is 18.2 Å². The molecule has 0 heterocycles. The Labute approximate surface area is 107 Å². The van der Waals surface area contributed by atoms with Gasteiger partial charge in [-0.05, 0) is 29.3 Å². The molecule has 0 atom stereocenters. The largest absolute Gasteiger partial charge is 0.416 e. The van der Waals surface area contributed by atoms with Crippen molar-refractivity contribution in [3.63, 3.8) is 0 Å². The Morgan fingerprint density at radius 2 is 1.68 bits per heavy atom. The highest BCUT2D eigenvalue weighted by Crippen LogP contribution is 2.32. The molecule has 2 N–H and O–H groups in total. The SMILES string of the molecule is NC(=O)c1ccccc1-c1cccc(C(F)(F)F)c1. The minimum Gasteiger partial charge on any atom is -0.366 e. The van der Waals surface area contributed by atoms with Gasteiger partial charge in [-0.2, -0.15) is 13.2 Å². The number of rotatable bonds is 2. The van der Waals surface area contributed by atoms with Crippen LogP contribution in [0.25, 0.3) is 11.1 Å². The topological polar surface area (TPSA) is 43.1 Å². The van der Waals surface area contributed by atoms with E-state index in [2.05, 4.69) is 0 Å². The van der Waals surface area contributed by atoms with E-state index in [1.54, 1.807) is 18.2 Å². The zero-order valence-corrected chi connectivity index (χ0v) is 9.74. The van der Waals surface area contributed by atoms with E-state index < -0.39 is 17.6 Å². The first-order valence-corrected chi connectivity index (χ1v) is 5.46. The third-order valence-electron chi connectivity index (χ3n) is 2.69. The minimum atomic E-state index is -4.42. The van der Waals surface area contributed by atoms with Crippen LogP contribution in [0.1, 0.15) is 15.9 Å². The summed E-state index contributed by atoms with van der Waals surface area (Å²) in [5.41, 5.74) is 5.35. The molecular weight excluding hydrogens is 255 g/mol. The number of halogens is 3. The van der Waals surface area contributed by atoms with Crippen LogP contribution in [0.2, 0.25) is 0 Å². The third-order valence-corrected chi connectivity index (χ3v) is 2.69. The smallest absolute Gasteiger partial charge is 0.366 e. The highest BCUT2D eigenvalue weighted by atomic mass is 19.4. The maximum atomic E-state index is 12.7. The standard InChI is InChI=1S/C14H10F3NO/c15-14(16,17)10-5-3-4-9(8-10)11-6-1-2-7-12(11)13(18)19/h1-8H,(H2,18,19). The molecule has 19 heavy (non-hydrogen) atoms. The molecular formula is C14H10F3NO. The zero-order chi connectivity index (χ0) is 14.0. The first-order valence-electron chi connectivity index (χ1n) is 5.46. The molecule has 0 saturated heterocycles. The molecule has 0 fully saturated rings. The summed E-state index contributed by atoms with van der Waals surface area (Å²) in [6.07, 6.45) is -4.42. The van der Waals surface area contributed by atoms with E-state index in [9.17, 15) is 18.0 Å². The number of carbonyl (C=O) groups excluding carboxylic acids is 1. The van der Waals surface area contributed by atoms with E-state index >= 15 is 0 Å². The maximum Gasteiger partial charge on any atom is 0.416 e. The zero-order valence-electron chi connectivity index (χ0n) is 9.74. The molecule has 0 aromatic heterocycles. The molecule has 0 aliphatic heterocycles. The Kier molecular flexibility index (Phi) is 3.29. The number of hydrogen-bond acceptors (Lipinski definition) is 1. The van der Waals surface area contributed by atoms with Gasteiger partial charge in [-0.1, -0.05) is 30.3 Å². The van der Waals surface area contributed by atoms with Crippen molar-refractivity contribution in [2.75, 3.05) is 0 Å². The summed E-state index contributed by atoms with van der Waals surface area (Å²) in [6.45, 7) is 0. The molecule has 0 spiro atoms. The molecule has 0 bridgehead atoms. The molecule has 2 nitrogen and oxygen atoms in total. The molecule has 0 aliphatic rings. The predicted molar refractivity (Wildman–Crippen MR) is 65.4 cm³/mol. The summed E-state index contributed by atoms with van der Waals surface area (Å²) in [4.78, 5) is 11.3. The molecule has 5 heteroatoms. The van der Waals surface area contributed by atoms with Crippen molar-refractivity contribution in [3.8, 4) is 11.1 Å². The van der Waals surface area contributed by atoms with Crippen LogP contribution >= 0.6 is 0 Å². The van der Waals surface area contributed by atoms with E-state index in [-0.39, 0.29) is 5.56 Å². The molecule has 2 rings (SSSR count). The van der Waals surface area contributed by atoms with Gasteiger partial charge in [0.25, 0.3) is 0 Å². The normalized spacial score (nSPS) is 11.3. The summed E-state index contributed by atoms with van der Waals surface area (Å²) in [5.74, 6) is -0.673. The van der Waals surface area contributed by atoms with Crippen molar-refractivity contribution < 1.29 is 18.0 Å². The second-order valence-electron chi connectivity index (χ2n) is 3.99. The van der Waals surface area contributed by atoms with Gasteiger partial charge in [-0.3, -0.25) is 4.79 Å². The van der Waals surface area contributed by atoms with Gasteiger partial charge in [0.05, 0.1) is 5.56 Å². The average molecular weight is 265 g/mol. The number of alkyl halides is 3. The number of benzene rings is 2. The molecule has 2 aromatic carbocycles. The van der Waals surface area contributed by atoms with Gasteiger partial charge in [-0.25, -0.2) is 0 Å². The number of hydrogen-bond donors (Lipinski definition) is 1. The molecule has 0 radical (unpaired) electrons. The Morgan fingerprint density at radius 3 is 2.32 bits per heavy atom. The fraction of sp³-hybridized carbons (Fsp3) is 0.0714. The van der Waals surface area contributed by atoms with Crippen LogP contribution in [0.4, 0.5) is 13.2 Å². The van der Waals surface area contributed by atoms with Crippen LogP contribution in [0, 0.1) is 0 Å². The fourth-order valence-electron chi connectivity index (χ4n) is 1.81. The predicted octanol–water partition coefficient (Wildman–Crippen LogP) is 3.47. The van der Waals surface area contributed by atoms with Crippen molar-refractivity contribution in [2.24, 2.45) is 5.73 Å². The van der Waals surface area contributed by atoms with Gasteiger partial charge in [-0.15, -0.1) is 0 Å². The van der Waals surface area contributed by atoms with Crippen molar-refractivity contribution in [1.29, 1.82) is 0 Å². The van der Waals surface area contributed by atoms with E-state index in [0.29, 0.717) is 11.1 Å². The van der Waals surface area contributed by atoms with Gasteiger partial charge >= 0.3 is 6.18 Å². The molecule has 98 valence electrons. The monoisotopic (exact) mass is 265 g/mol. The van der Waals surface area contributed by atoms with Crippen molar-refractivity contribution in [1.82, 2.24) is 0 Å². The number of carbonyl (C=O) groups is 1. The van der Waals surface area contributed by atoms with Gasteiger partial charge in [0.1, 0.15) is 0 Å². The van der Waals surface area contributed by atoms with Gasteiger partial charge < -0.3 is 5.73 Å². The highest BCUT2D eigenvalue weighted by molar-refractivity contribution is 5.99. The maximum absolute atomic E-state index is 12.7. The second kappa shape index (κ2) is 4.76. The summed E-state index contributed by atoms with van der Waals surface area (Å²) in [7, 11) is 0. The lowest BCUT2D eigenvalue weighted by Crippen LogP contribution is -2.12. The van der Waals surface area contributed by atoms with Gasteiger partial charge in [0.15, 0.2) is 0 Å². The van der Waals surface area contributed by atoms with Crippen LogP contribution in [0.15, 0.2) is 48.5 Å². The lowest BCUT2D eigenvalue weighted by Gasteiger charge is -2.10. The number of nitrogens with two attached hydrogens (primary N) is 1. The summed E-state index contributed by atoms with van der Waals surface area (Å²) >= 11 is 0. The fourth-order valence-corrected chi connectivity index (χ4v) is 1.81. The first kappa shape index (κ1) is 13.1. The van der Waals surface area contributed by atoms with Crippen LogP contribution in [0.5, 0.6) is 0 Å². The molecule has 0 saturated carbocycles. The summed E-state index contributed by atoms with van der Waals surface area (Å²) in [6, 6.07) is 11.1. The lowest BCUT2D eigenvalue weighted by atomic mass is 9.98. The Balaban J connectivity index is 2.57. The molecule has 0 aliphatic carbocycles. The van der Waals surface area contributed by atoms with E-state index in [4.69, 9.17) is 5.73 Å². The van der Waals surface area contributed by atoms with Crippen molar-refractivity contribution >= 4 is 5.91 Å².